The predicted octanol–water partition coefficient (Wildman–Crippen LogP) is 0.855. The van der Waals surface area contributed by atoms with E-state index in [1.165, 1.54) is 56.5 Å². The molecule has 24 nitrogen and oxygen atoms in total. The Morgan fingerprint density at radius 3 is 1.40 bits per heavy atom. The normalized spacial score (nSPS) is 23.3. The van der Waals surface area contributed by atoms with Crippen LogP contribution in [-0.4, -0.2) is 221 Å². The molecule has 0 aliphatic carbocycles. The molecule has 26 heteroatoms. The molecule has 2 unspecified atom stereocenters. The van der Waals surface area contributed by atoms with Crippen molar-refractivity contribution >= 4 is 23.3 Å². The fourth-order valence-electron chi connectivity index (χ4n) is 6.84. The molecule has 0 bridgehead atoms. The molecular formula is C49H66F2N2O22. The number of carbonyl (C=O) groups is 3. The second-order valence-corrected chi connectivity index (χ2v) is 16.5. The Morgan fingerprint density at radius 1 is 0.573 bits per heavy atom. The molecule has 2 heterocycles. The minimum atomic E-state index is -1.66. The molecule has 0 saturated carbocycles. The number of alkyl halides is 2. The zero-order valence-corrected chi connectivity index (χ0v) is 41.4. The van der Waals surface area contributed by atoms with Crippen LogP contribution < -0.4 is 14.8 Å². The number of halogens is 2. The van der Waals surface area contributed by atoms with Gasteiger partial charge in [0.05, 0.1) is 96.9 Å². The molecule has 1 amide bonds. The summed E-state index contributed by atoms with van der Waals surface area (Å²) in [5, 5.41) is 72.2. The number of aliphatic hydroxyl groups is 6. The quantitative estimate of drug-likeness (QED) is 0.0203. The van der Waals surface area contributed by atoms with Gasteiger partial charge in [-0.15, -0.1) is 0 Å². The lowest BCUT2D eigenvalue weighted by Gasteiger charge is -2.39. The molecule has 5 rings (SSSR count). The number of Topliss-reactive ketones (excluding diaryl/α,β-unsaturated/α-hetero) is 1. The van der Waals surface area contributed by atoms with Crippen molar-refractivity contribution in [2.24, 2.45) is 0 Å². The van der Waals surface area contributed by atoms with E-state index in [9.17, 15) is 63.9 Å². The molecule has 7 N–H and O–H groups in total. The van der Waals surface area contributed by atoms with Crippen molar-refractivity contribution in [1.82, 2.24) is 5.32 Å². The number of hydrogen-bond acceptors (Lipinski definition) is 22. The highest BCUT2D eigenvalue weighted by atomic mass is 19.1. The molecule has 0 aromatic heterocycles. The molecule has 418 valence electrons. The van der Waals surface area contributed by atoms with Gasteiger partial charge < -0.3 is 88.1 Å². The summed E-state index contributed by atoms with van der Waals surface area (Å²) in [6, 6.07) is 15.8. The first-order chi connectivity index (χ1) is 36.1. The fraction of sp³-hybridized carbons (Fsp3) is 0.571. The maximum absolute atomic E-state index is 13.2. The van der Waals surface area contributed by atoms with Crippen molar-refractivity contribution < 1.29 is 111 Å². The summed E-state index contributed by atoms with van der Waals surface area (Å²) in [4.78, 5) is 46.1. The molecule has 2 aliphatic rings. The van der Waals surface area contributed by atoms with Gasteiger partial charge in [-0.1, -0.05) is 12.1 Å². The van der Waals surface area contributed by atoms with Crippen LogP contribution in [0.3, 0.4) is 0 Å². The molecule has 2 fully saturated rings. The van der Waals surface area contributed by atoms with Gasteiger partial charge in [-0.25, -0.2) is 13.6 Å². The second kappa shape index (κ2) is 33.6. The number of methoxy groups -OCH3 is 1. The smallest absolute Gasteiger partial charge is 0.337 e. The molecule has 0 radical (unpaired) electrons. The third-order valence-electron chi connectivity index (χ3n) is 11.0. The van der Waals surface area contributed by atoms with Crippen LogP contribution in [0.4, 0.5) is 14.5 Å². The Labute approximate surface area is 430 Å². The van der Waals surface area contributed by atoms with Crippen molar-refractivity contribution in [3.63, 3.8) is 0 Å². The van der Waals surface area contributed by atoms with Gasteiger partial charge in [-0.05, 0) is 60.5 Å². The zero-order chi connectivity index (χ0) is 54.7. The molecular weight excluding hydrogens is 1010 g/mol. The van der Waals surface area contributed by atoms with Crippen LogP contribution >= 0.6 is 0 Å². The maximum atomic E-state index is 13.2. The zero-order valence-electron chi connectivity index (χ0n) is 41.4. The van der Waals surface area contributed by atoms with Gasteiger partial charge in [0.25, 0.3) is 11.6 Å². The highest BCUT2D eigenvalue weighted by molar-refractivity contribution is 5.99. The number of ketones is 1. The standard InChI is InChI=1S/C37H52FNO15.C12H14FNO7/c1-25(40)7-9-47-11-13-49-15-17-51-19-20-52-18-16-50-14-12-48-10-8-39-35(44)28-21-27(22-29(23-28)36(45)46-2)26-3-5-30(6-4-26)53-37-34(43)33(42)32(41)31(24-38)54-37;13-5-8-9(15)10(16)11(17)12(21-8)20-7-3-1-6(2-4-7)14(18)19/h3-6,21-23,31-34,37,41-43H,7-20,24H2,1-2H3,(H,39,44);1-4,8-12,15-17H,5H2/t31-,32-,33+,34+,37+;8-,9?,10+,11+,12?/m11/s1. The average Bonchev–Trinajstić information content (AvgIpc) is 3.41. The second-order valence-electron chi connectivity index (χ2n) is 16.5. The van der Waals surface area contributed by atoms with Crippen molar-refractivity contribution in [2.75, 3.05) is 106 Å². The van der Waals surface area contributed by atoms with Gasteiger partial charge in [0.2, 0.25) is 12.6 Å². The number of carbonyl (C=O) groups excluding carboxylic acids is 3. The van der Waals surface area contributed by atoms with E-state index in [1.54, 1.807) is 24.3 Å². The molecule has 0 spiro atoms. The summed E-state index contributed by atoms with van der Waals surface area (Å²) < 4.78 is 84.4. The maximum Gasteiger partial charge on any atom is 0.337 e. The number of hydrogen-bond donors (Lipinski definition) is 7. The summed E-state index contributed by atoms with van der Waals surface area (Å²) in [7, 11) is 1.23. The Bertz CT molecular complexity index is 2160. The number of aliphatic hydroxyl groups excluding tert-OH is 6. The number of nitro benzene ring substituents is 1. The Hall–Kier alpha value is -5.43. The molecule has 3 aromatic rings. The third kappa shape index (κ3) is 20.9. The number of rotatable bonds is 31. The molecule has 2 saturated heterocycles. The van der Waals surface area contributed by atoms with E-state index in [2.05, 4.69) is 5.32 Å². The van der Waals surface area contributed by atoms with Crippen LogP contribution in [0.1, 0.15) is 34.1 Å². The van der Waals surface area contributed by atoms with Crippen LogP contribution in [0, 0.1) is 10.1 Å². The number of non-ortho nitro benzene ring substituents is 1. The van der Waals surface area contributed by atoms with Gasteiger partial charge >= 0.3 is 5.97 Å². The number of amides is 1. The van der Waals surface area contributed by atoms with E-state index in [0.29, 0.717) is 90.2 Å². The van der Waals surface area contributed by atoms with Gasteiger partial charge in [0, 0.05) is 30.7 Å². The van der Waals surface area contributed by atoms with E-state index in [0.717, 1.165) is 0 Å². The van der Waals surface area contributed by atoms with Crippen LogP contribution in [0.15, 0.2) is 66.7 Å². The van der Waals surface area contributed by atoms with E-state index >= 15 is 0 Å². The highest BCUT2D eigenvalue weighted by Gasteiger charge is 2.46. The number of nitrogens with one attached hydrogen (secondary N) is 1. The first-order valence-corrected chi connectivity index (χ1v) is 23.7. The first-order valence-electron chi connectivity index (χ1n) is 23.7. The van der Waals surface area contributed by atoms with E-state index in [1.807, 2.05) is 0 Å². The van der Waals surface area contributed by atoms with Crippen molar-refractivity contribution in [1.29, 1.82) is 0 Å². The summed E-state index contributed by atoms with van der Waals surface area (Å²) in [5.41, 5.74) is 1.34. The molecule has 2 aliphatic heterocycles. The summed E-state index contributed by atoms with van der Waals surface area (Å²) >= 11 is 0. The monoisotopic (exact) mass is 1070 g/mol. The van der Waals surface area contributed by atoms with E-state index in [-0.39, 0.29) is 47.2 Å². The Kier molecular flexibility index (Phi) is 27.8. The average molecular weight is 1070 g/mol. The third-order valence-corrected chi connectivity index (χ3v) is 11.0. The minimum Gasteiger partial charge on any atom is -0.465 e. The van der Waals surface area contributed by atoms with Crippen molar-refractivity contribution in [3.8, 4) is 22.6 Å². The summed E-state index contributed by atoms with van der Waals surface area (Å²) in [5.74, 6) is -0.630. The number of benzene rings is 3. The number of nitrogens with zero attached hydrogens (tertiary/aromatic N) is 1. The lowest BCUT2D eigenvalue weighted by atomic mass is 9.99. The van der Waals surface area contributed by atoms with E-state index < -0.39 is 91.6 Å². The van der Waals surface area contributed by atoms with Crippen LogP contribution in [0.5, 0.6) is 11.5 Å². The van der Waals surface area contributed by atoms with Gasteiger partial charge in [0.15, 0.2) is 0 Å². The molecule has 10 atom stereocenters. The molecule has 75 heavy (non-hydrogen) atoms. The largest absolute Gasteiger partial charge is 0.465 e. The highest BCUT2D eigenvalue weighted by Crippen LogP contribution is 2.29. The predicted molar refractivity (Wildman–Crippen MR) is 255 cm³/mol. The lowest BCUT2D eigenvalue weighted by Crippen LogP contribution is -2.59. The Balaban J connectivity index is 0.000000480. The van der Waals surface area contributed by atoms with Crippen molar-refractivity contribution in [2.45, 2.75) is 74.8 Å². The van der Waals surface area contributed by atoms with Gasteiger partial charge in [-0.2, -0.15) is 0 Å². The first kappa shape index (κ1) is 62.1. The summed E-state index contributed by atoms with van der Waals surface area (Å²) in [6.07, 6.45) is -14.8. The minimum absolute atomic E-state index is 0.0976. The van der Waals surface area contributed by atoms with Crippen LogP contribution in [0.25, 0.3) is 11.1 Å². The van der Waals surface area contributed by atoms with E-state index in [4.69, 9.17) is 52.1 Å². The lowest BCUT2D eigenvalue weighted by molar-refractivity contribution is -0.384. The van der Waals surface area contributed by atoms with Gasteiger partial charge in [0.1, 0.15) is 79.5 Å². The fourth-order valence-corrected chi connectivity index (χ4v) is 6.84. The molecule has 3 aromatic carbocycles. The topological polar surface area (TPSA) is 329 Å². The number of esters is 1. The van der Waals surface area contributed by atoms with Crippen LogP contribution in [0.2, 0.25) is 0 Å². The van der Waals surface area contributed by atoms with Crippen molar-refractivity contribution in [3.05, 3.63) is 88.0 Å². The van der Waals surface area contributed by atoms with Crippen LogP contribution in [-0.2, 0) is 47.4 Å². The summed E-state index contributed by atoms with van der Waals surface area (Å²) in [6.45, 7) is 4.27. The van der Waals surface area contributed by atoms with Gasteiger partial charge in [-0.3, -0.25) is 19.7 Å². The number of ether oxygens (including phenoxy) is 11. The SMILES string of the molecule is COC(=O)c1cc(C(=O)NCCOCCOCCOCCOCCOCCOCCC(C)=O)cc(-c2ccc(O[C@H]3O[C@H](CF)[C@@H](O)[C@H](O)[C@@H]3O)cc2)c1.O=[N+]([O-])c1ccc(OC2O[C@H](CF)C(O)[C@H](O)[C@@H]2O)cc1. The number of nitro groups is 1. The Morgan fingerprint density at radius 2 is 0.987 bits per heavy atom.